The monoisotopic (exact) mass is 311 g/mol. The van der Waals surface area contributed by atoms with Crippen LogP contribution in [-0.4, -0.2) is 31.9 Å². The normalized spacial score (nSPS) is 23.0. The Hall–Kier alpha value is -1.49. The van der Waals surface area contributed by atoms with Crippen molar-refractivity contribution in [3.63, 3.8) is 0 Å². The molecule has 0 bridgehead atoms. The highest BCUT2D eigenvalue weighted by atomic mass is 32.2. The summed E-state index contributed by atoms with van der Waals surface area (Å²) in [6.45, 7) is 0. The third kappa shape index (κ3) is 3.07. The summed E-state index contributed by atoms with van der Waals surface area (Å²) in [5.41, 5.74) is 5.39. The largest absolute Gasteiger partial charge is 0.328 e. The number of halogens is 1. The van der Waals surface area contributed by atoms with Crippen molar-refractivity contribution in [3.8, 4) is 6.07 Å². The number of sulfonamides is 1. The van der Waals surface area contributed by atoms with Crippen LogP contribution in [0.25, 0.3) is 0 Å². The average molecular weight is 311 g/mol. The summed E-state index contributed by atoms with van der Waals surface area (Å²) in [6, 6.07) is 5.23. The Morgan fingerprint density at radius 1 is 1.33 bits per heavy atom. The van der Waals surface area contributed by atoms with Crippen LogP contribution in [0.5, 0.6) is 0 Å². The van der Waals surface area contributed by atoms with E-state index in [1.807, 2.05) is 0 Å². The Labute approximate surface area is 124 Å². The fraction of sp³-hybridized carbons (Fsp3) is 0.500. The molecule has 0 heterocycles. The predicted octanol–water partition coefficient (Wildman–Crippen LogP) is 1.59. The van der Waals surface area contributed by atoms with E-state index < -0.39 is 21.4 Å². The van der Waals surface area contributed by atoms with Gasteiger partial charge in [0.2, 0.25) is 10.0 Å². The third-order valence-corrected chi connectivity index (χ3v) is 5.95. The van der Waals surface area contributed by atoms with Gasteiger partial charge in [0, 0.05) is 19.1 Å². The van der Waals surface area contributed by atoms with Gasteiger partial charge in [-0.25, -0.2) is 12.8 Å². The van der Waals surface area contributed by atoms with Gasteiger partial charge in [0.25, 0.3) is 0 Å². The first-order chi connectivity index (χ1) is 9.87. The van der Waals surface area contributed by atoms with Gasteiger partial charge in [-0.2, -0.15) is 9.57 Å². The van der Waals surface area contributed by atoms with Gasteiger partial charge in [-0.15, -0.1) is 0 Å². The van der Waals surface area contributed by atoms with Crippen LogP contribution in [0, 0.1) is 17.1 Å². The fourth-order valence-corrected chi connectivity index (χ4v) is 4.21. The fourth-order valence-electron chi connectivity index (χ4n) is 2.64. The number of nitriles is 1. The Morgan fingerprint density at radius 3 is 2.52 bits per heavy atom. The van der Waals surface area contributed by atoms with Crippen LogP contribution < -0.4 is 5.73 Å². The predicted molar refractivity (Wildman–Crippen MR) is 76.3 cm³/mol. The third-order valence-electron chi connectivity index (χ3n) is 4.00. The molecule has 2 N–H and O–H groups in total. The Morgan fingerprint density at radius 2 is 1.95 bits per heavy atom. The van der Waals surface area contributed by atoms with Crippen molar-refractivity contribution in [2.45, 2.75) is 42.7 Å². The maximum atomic E-state index is 13.6. The van der Waals surface area contributed by atoms with E-state index in [1.54, 1.807) is 6.07 Å². The molecular formula is C14H18FN3O2S. The highest BCUT2D eigenvalue weighted by Crippen LogP contribution is 2.28. The van der Waals surface area contributed by atoms with Crippen LogP contribution in [0.2, 0.25) is 0 Å². The van der Waals surface area contributed by atoms with Crippen LogP contribution in [0.3, 0.4) is 0 Å². The van der Waals surface area contributed by atoms with Crippen molar-refractivity contribution in [1.29, 1.82) is 5.26 Å². The molecule has 1 fully saturated rings. The molecule has 0 aromatic heterocycles. The first-order valence-corrected chi connectivity index (χ1v) is 8.24. The summed E-state index contributed by atoms with van der Waals surface area (Å²) >= 11 is 0. The van der Waals surface area contributed by atoms with Crippen LogP contribution in [0.15, 0.2) is 23.1 Å². The van der Waals surface area contributed by atoms with E-state index in [-0.39, 0.29) is 17.0 Å². The number of hydrogen-bond acceptors (Lipinski definition) is 4. The molecule has 1 saturated carbocycles. The van der Waals surface area contributed by atoms with Crippen molar-refractivity contribution in [2.24, 2.45) is 5.73 Å². The lowest BCUT2D eigenvalue weighted by Crippen LogP contribution is -2.42. The second-order valence-corrected chi connectivity index (χ2v) is 7.28. The molecule has 0 amide bonds. The van der Waals surface area contributed by atoms with Gasteiger partial charge in [-0.1, -0.05) is 6.07 Å². The van der Waals surface area contributed by atoms with Crippen LogP contribution in [0.1, 0.15) is 31.2 Å². The van der Waals surface area contributed by atoms with Crippen molar-refractivity contribution in [3.05, 3.63) is 29.6 Å². The van der Waals surface area contributed by atoms with Gasteiger partial charge in [0.1, 0.15) is 22.3 Å². The second kappa shape index (κ2) is 6.10. The highest BCUT2D eigenvalue weighted by molar-refractivity contribution is 7.89. The van der Waals surface area contributed by atoms with E-state index in [9.17, 15) is 12.8 Å². The number of benzene rings is 1. The highest BCUT2D eigenvalue weighted by Gasteiger charge is 2.32. The van der Waals surface area contributed by atoms with Gasteiger partial charge >= 0.3 is 0 Å². The molecule has 21 heavy (non-hydrogen) atoms. The molecule has 7 heteroatoms. The van der Waals surface area contributed by atoms with Crippen molar-refractivity contribution in [2.75, 3.05) is 7.05 Å². The van der Waals surface area contributed by atoms with Gasteiger partial charge < -0.3 is 5.73 Å². The van der Waals surface area contributed by atoms with Crippen LogP contribution in [-0.2, 0) is 10.0 Å². The molecule has 2 rings (SSSR count). The zero-order chi connectivity index (χ0) is 15.6. The molecule has 5 nitrogen and oxygen atoms in total. The van der Waals surface area contributed by atoms with E-state index in [4.69, 9.17) is 11.0 Å². The maximum absolute atomic E-state index is 13.6. The maximum Gasteiger partial charge on any atom is 0.244 e. The number of hydrogen-bond donors (Lipinski definition) is 1. The summed E-state index contributed by atoms with van der Waals surface area (Å²) in [5.74, 6) is -0.822. The first-order valence-electron chi connectivity index (χ1n) is 6.80. The molecule has 0 unspecified atom stereocenters. The minimum absolute atomic E-state index is 0.112. The average Bonchev–Trinajstić information content (AvgIpc) is 2.47. The molecule has 0 atom stereocenters. The SMILES string of the molecule is CN(C1CCC(N)CC1)S(=O)(=O)c1cccc(F)c1C#N. The van der Waals surface area contributed by atoms with Crippen LogP contribution >= 0.6 is 0 Å². The molecule has 0 saturated heterocycles. The van der Waals surface area contributed by atoms with Gasteiger partial charge in [-0.05, 0) is 37.8 Å². The van der Waals surface area contributed by atoms with Gasteiger partial charge in [0.05, 0.1) is 0 Å². The summed E-state index contributed by atoms with van der Waals surface area (Å²) in [6.07, 6.45) is 2.87. The zero-order valence-electron chi connectivity index (χ0n) is 11.8. The van der Waals surface area contributed by atoms with E-state index in [1.165, 1.54) is 23.5 Å². The quantitative estimate of drug-likeness (QED) is 0.918. The lowest BCUT2D eigenvalue weighted by molar-refractivity contribution is 0.268. The number of rotatable bonds is 3. The standard InChI is InChI=1S/C14H18FN3O2S/c1-18(11-7-5-10(17)6-8-11)21(19,20)14-4-2-3-13(15)12(14)9-16/h2-4,10-11H,5-8,17H2,1H3. The molecular weight excluding hydrogens is 293 g/mol. The van der Waals surface area contributed by atoms with Gasteiger partial charge in [0.15, 0.2) is 0 Å². The first kappa shape index (κ1) is 15.9. The molecule has 114 valence electrons. The number of nitrogens with two attached hydrogens (primary N) is 1. The lowest BCUT2D eigenvalue weighted by atomic mass is 9.92. The molecule has 0 spiro atoms. The van der Waals surface area contributed by atoms with Crippen molar-refractivity contribution < 1.29 is 12.8 Å². The summed E-state index contributed by atoms with van der Waals surface area (Å²) in [7, 11) is -2.42. The second-order valence-electron chi connectivity index (χ2n) is 5.31. The number of nitrogens with zero attached hydrogens (tertiary/aromatic N) is 2. The molecule has 1 aromatic carbocycles. The smallest absolute Gasteiger partial charge is 0.244 e. The molecule has 0 radical (unpaired) electrons. The Balaban J connectivity index is 2.34. The molecule has 0 aliphatic heterocycles. The van der Waals surface area contributed by atoms with Crippen molar-refractivity contribution >= 4 is 10.0 Å². The summed E-state index contributed by atoms with van der Waals surface area (Å²) < 4.78 is 40.1. The van der Waals surface area contributed by atoms with Crippen molar-refractivity contribution in [1.82, 2.24) is 4.31 Å². The van der Waals surface area contributed by atoms with E-state index in [2.05, 4.69) is 0 Å². The summed E-state index contributed by atoms with van der Waals surface area (Å²) in [5, 5.41) is 9.00. The Bertz CT molecular complexity index is 661. The van der Waals surface area contributed by atoms with E-state index in [0.29, 0.717) is 12.8 Å². The minimum atomic E-state index is -3.89. The minimum Gasteiger partial charge on any atom is -0.328 e. The molecule has 1 aromatic rings. The van der Waals surface area contributed by atoms with E-state index in [0.717, 1.165) is 18.9 Å². The molecule has 1 aliphatic carbocycles. The Kier molecular flexibility index (Phi) is 4.61. The van der Waals surface area contributed by atoms with E-state index >= 15 is 0 Å². The summed E-state index contributed by atoms with van der Waals surface area (Å²) in [4.78, 5) is -0.276. The van der Waals surface area contributed by atoms with Crippen LogP contribution in [0.4, 0.5) is 4.39 Å². The lowest BCUT2D eigenvalue weighted by Gasteiger charge is -2.32. The topological polar surface area (TPSA) is 87.2 Å². The zero-order valence-corrected chi connectivity index (χ0v) is 12.6. The van der Waals surface area contributed by atoms with Gasteiger partial charge in [-0.3, -0.25) is 0 Å². The molecule has 1 aliphatic rings.